The van der Waals surface area contributed by atoms with Crippen LogP contribution in [0.5, 0.6) is 0 Å². The van der Waals surface area contributed by atoms with Gasteiger partial charge in [0.1, 0.15) is 11.6 Å². The molecule has 0 aliphatic carbocycles. The van der Waals surface area contributed by atoms with Gasteiger partial charge < -0.3 is 10.3 Å². The Balaban J connectivity index is 2.37. The van der Waals surface area contributed by atoms with Crippen molar-refractivity contribution in [2.45, 2.75) is 6.04 Å². The maximum Gasteiger partial charge on any atom is 0.131 e. The topological polar surface area (TPSA) is 43.8 Å². The van der Waals surface area contributed by atoms with Crippen molar-refractivity contribution >= 4 is 0 Å². The Morgan fingerprint density at radius 3 is 2.69 bits per heavy atom. The van der Waals surface area contributed by atoms with Gasteiger partial charge in [0.05, 0.1) is 18.1 Å². The van der Waals surface area contributed by atoms with E-state index in [4.69, 9.17) is 5.73 Å². The quantitative estimate of drug-likeness (QED) is 0.842. The number of hydrogen-bond acceptors (Lipinski definition) is 2. The van der Waals surface area contributed by atoms with Gasteiger partial charge >= 0.3 is 0 Å². The van der Waals surface area contributed by atoms with Gasteiger partial charge in [-0.25, -0.2) is 13.8 Å². The van der Waals surface area contributed by atoms with E-state index in [0.29, 0.717) is 5.69 Å². The van der Waals surface area contributed by atoms with Crippen LogP contribution in [-0.2, 0) is 7.05 Å². The van der Waals surface area contributed by atoms with Crippen molar-refractivity contribution in [1.82, 2.24) is 9.55 Å². The van der Waals surface area contributed by atoms with Gasteiger partial charge in [0.25, 0.3) is 0 Å². The molecule has 1 unspecified atom stereocenters. The van der Waals surface area contributed by atoms with Crippen LogP contribution in [0.4, 0.5) is 8.78 Å². The fourth-order valence-corrected chi connectivity index (χ4v) is 1.51. The molecule has 0 aliphatic rings. The number of aromatic nitrogens is 2. The van der Waals surface area contributed by atoms with Crippen LogP contribution in [0.3, 0.4) is 0 Å². The second kappa shape index (κ2) is 4.02. The van der Waals surface area contributed by atoms with Crippen LogP contribution in [-0.4, -0.2) is 9.55 Å². The Hall–Kier alpha value is -1.75. The highest BCUT2D eigenvalue weighted by molar-refractivity contribution is 5.28. The Morgan fingerprint density at radius 1 is 1.38 bits per heavy atom. The minimum Gasteiger partial charge on any atom is -0.340 e. The molecule has 5 heteroatoms. The van der Waals surface area contributed by atoms with E-state index in [9.17, 15) is 8.78 Å². The summed E-state index contributed by atoms with van der Waals surface area (Å²) in [6.07, 6.45) is 3.28. The van der Waals surface area contributed by atoms with Gasteiger partial charge in [-0.3, -0.25) is 0 Å². The summed E-state index contributed by atoms with van der Waals surface area (Å²) >= 11 is 0. The molecule has 2 rings (SSSR count). The summed E-state index contributed by atoms with van der Waals surface area (Å²) in [5.41, 5.74) is 6.63. The molecule has 0 fully saturated rings. The molecule has 3 nitrogen and oxygen atoms in total. The molecule has 0 amide bonds. The molecule has 2 N–H and O–H groups in total. The lowest BCUT2D eigenvalue weighted by atomic mass is 10.0. The first kappa shape index (κ1) is 10.8. The summed E-state index contributed by atoms with van der Waals surface area (Å²) < 4.78 is 27.9. The SMILES string of the molecule is Cn1cnc(C(N)c2ccc(F)cc2F)c1. The van der Waals surface area contributed by atoms with Crippen LogP contribution in [0.2, 0.25) is 0 Å². The van der Waals surface area contributed by atoms with Gasteiger partial charge in [0.2, 0.25) is 0 Å². The normalized spacial score (nSPS) is 12.8. The van der Waals surface area contributed by atoms with Gasteiger partial charge in [-0.15, -0.1) is 0 Å². The summed E-state index contributed by atoms with van der Waals surface area (Å²) in [6, 6.07) is 2.66. The third-order valence-electron chi connectivity index (χ3n) is 2.34. The molecule has 0 bridgehead atoms. The zero-order valence-corrected chi connectivity index (χ0v) is 8.69. The lowest BCUT2D eigenvalue weighted by Crippen LogP contribution is -2.14. The molecule has 84 valence electrons. The lowest BCUT2D eigenvalue weighted by Gasteiger charge is -2.10. The van der Waals surface area contributed by atoms with Crippen LogP contribution in [0, 0.1) is 11.6 Å². The molecule has 1 aromatic carbocycles. The number of rotatable bonds is 2. The zero-order chi connectivity index (χ0) is 11.7. The number of aryl methyl sites for hydroxylation is 1. The standard InChI is InChI=1S/C11H11F2N3/c1-16-5-10(15-6-16)11(14)8-3-2-7(12)4-9(8)13/h2-6,11H,14H2,1H3. The number of hydrogen-bond donors (Lipinski definition) is 1. The first-order chi connectivity index (χ1) is 7.58. The van der Waals surface area contributed by atoms with E-state index in [-0.39, 0.29) is 5.56 Å². The maximum absolute atomic E-state index is 13.4. The van der Waals surface area contributed by atoms with Crippen molar-refractivity contribution in [2.75, 3.05) is 0 Å². The van der Waals surface area contributed by atoms with Crippen LogP contribution < -0.4 is 5.73 Å². The van der Waals surface area contributed by atoms with E-state index in [2.05, 4.69) is 4.98 Å². The minimum absolute atomic E-state index is 0.236. The molecule has 1 aromatic heterocycles. The lowest BCUT2D eigenvalue weighted by molar-refractivity contribution is 0.564. The second-order valence-electron chi connectivity index (χ2n) is 3.61. The smallest absolute Gasteiger partial charge is 0.131 e. The molecule has 1 heterocycles. The van der Waals surface area contributed by atoms with Gasteiger partial charge in [-0.1, -0.05) is 6.07 Å². The van der Waals surface area contributed by atoms with E-state index in [1.807, 2.05) is 0 Å². The van der Waals surface area contributed by atoms with Crippen LogP contribution in [0.1, 0.15) is 17.3 Å². The van der Waals surface area contributed by atoms with Crippen LogP contribution >= 0.6 is 0 Å². The van der Waals surface area contributed by atoms with E-state index >= 15 is 0 Å². The monoisotopic (exact) mass is 223 g/mol. The van der Waals surface area contributed by atoms with E-state index in [0.717, 1.165) is 6.07 Å². The number of nitrogens with zero attached hydrogens (tertiary/aromatic N) is 2. The van der Waals surface area contributed by atoms with Gasteiger partial charge in [-0.2, -0.15) is 0 Å². The van der Waals surface area contributed by atoms with E-state index in [1.54, 1.807) is 24.1 Å². The summed E-state index contributed by atoms with van der Waals surface area (Å²) in [4.78, 5) is 4.03. The van der Waals surface area contributed by atoms with Gasteiger partial charge in [-0.05, 0) is 6.07 Å². The molecular weight excluding hydrogens is 212 g/mol. The largest absolute Gasteiger partial charge is 0.340 e. The van der Waals surface area contributed by atoms with Crippen molar-refractivity contribution in [3.63, 3.8) is 0 Å². The Bertz CT molecular complexity index is 508. The highest BCUT2D eigenvalue weighted by Crippen LogP contribution is 2.21. The fraction of sp³-hybridized carbons (Fsp3) is 0.182. The number of benzene rings is 1. The molecule has 0 radical (unpaired) electrons. The van der Waals surface area contributed by atoms with Gasteiger partial charge in [0, 0.05) is 24.9 Å². The Morgan fingerprint density at radius 2 is 2.12 bits per heavy atom. The average Bonchev–Trinajstić information content (AvgIpc) is 2.64. The van der Waals surface area contributed by atoms with Gasteiger partial charge in [0.15, 0.2) is 0 Å². The second-order valence-corrected chi connectivity index (χ2v) is 3.61. The summed E-state index contributed by atoms with van der Waals surface area (Å²) in [5, 5.41) is 0. The maximum atomic E-state index is 13.4. The highest BCUT2D eigenvalue weighted by atomic mass is 19.1. The molecule has 0 aliphatic heterocycles. The average molecular weight is 223 g/mol. The highest BCUT2D eigenvalue weighted by Gasteiger charge is 2.16. The van der Waals surface area contributed by atoms with Crippen molar-refractivity contribution in [3.8, 4) is 0 Å². The minimum atomic E-state index is -0.679. The first-order valence-corrected chi connectivity index (χ1v) is 4.76. The Kier molecular flexibility index (Phi) is 2.70. The van der Waals surface area contributed by atoms with Crippen LogP contribution in [0.15, 0.2) is 30.7 Å². The van der Waals surface area contributed by atoms with Crippen molar-refractivity contribution in [1.29, 1.82) is 0 Å². The molecule has 0 spiro atoms. The number of halogens is 2. The predicted octanol–water partition coefficient (Wildman–Crippen LogP) is 1.75. The molecular formula is C11H11F2N3. The first-order valence-electron chi connectivity index (χ1n) is 4.76. The summed E-state index contributed by atoms with van der Waals surface area (Å²) in [5.74, 6) is -1.27. The van der Waals surface area contributed by atoms with Crippen molar-refractivity contribution < 1.29 is 8.78 Å². The zero-order valence-electron chi connectivity index (χ0n) is 8.69. The van der Waals surface area contributed by atoms with E-state index < -0.39 is 17.7 Å². The number of nitrogens with two attached hydrogens (primary N) is 1. The molecule has 1 atom stereocenters. The summed E-state index contributed by atoms with van der Waals surface area (Å²) in [7, 11) is 1.80. The van der Waals surface area contributed by atoms with Crippen LogP contribution in [0.25, 0.3) is 0 Å². The molecule has 0 saturated heterocycles. The predicted molar refractivity (Wildman–Crippen MR) is 55.6 cm³/mol. The molecule has 16 heavy (non-hydrogen) atoms. The Labute approximate surface area is 91.5 Å². The summed E-state index contributed by atoms with van der Waals surface area (Å²) in [6.45, 7) is 0. The molecule has 2 aromatic rings. The van der Waals surface area contributed by atoms with Crippen molar-refractivity contribution in [2.24, 2.45) is 12.8 Å². The number of imidazole rings is 1. The third-order valence-corrected chi connectivity index (χ3v) is 2.34. The fourth-order valence-electron chi connectivity index (χ4n) is 1.51. The third kappa shape index (κ3) is 1.94. The van der Waals surface area contributed by atoms with Crippen molar-refractivity contribution in [3.05, 3.63) is 53.6 Å². The molecule has 0 saturated carbocycles. The van der Waals surface area contributed by atoms with E-state index in [1.165, 1.54) is 12.1 Å².